The second kappa shape index (κ2) is 8.61. The lowest BCUT2D eigenvalue weighted by atomic mass is 9.92. The molecule has 0 radical (unpaired) electrons. The first-order valence-corrected chi connectivity index (χ1v) is 11.7. The highest BCUT2D eigenvalue weighted by Gasteiger charge is 2.32. The van der Waals surface area contributed by atoms with Crippen molar-refractivity contribution in [3.8, 4) is 5.88 Å². The van der Waals surface area contributed by atoms with Crippen molar-refractivity contribution in [2.45, 2.75) is 57.1 Å². The largest absolute Gasteiger partial charge is 0.476 e. The Morgan fingerprint density at radius 2 is 2.10 bits per heavy atom. The van der Waals surface area contributed by atoms with Crippen LogP contribution >= 0.6 is 11.8 Å². The number of rotatable bonds is 5. The quantitative estimate of drug-likeness (QED) is 0.656. The van der Waals surface area contributed by atoms with Crippen molar-refractivity contribution >= 4 is 17.7 Å². The molecule has 4 heterocycles. The summed E-state index contributed by atoms with van der Waals surface area (Å²) < 4.78 is 7.50. The van der Waals surface area contributed by atoms with E-state index in [-0.39, 0.29) is 28.8 Å². The average molecular weight is 444 g/mol. The molecule has 2 aromatic rings. The van der Waals surface area contributed by atoms with Crippen LogP contribution in [0.1, 0.15) is 51.0 Å². The van der Waals surface area contributed by atoms with Crippen LogP contribution in [0.3, 0.4) is 0 Å². The summed E-state index contributed by atoms with van der Waals surface area (Å²) in [6.45, 7) is 10.0. The first-order chi connectivity index (χ1) is 14.7. The number of likely N-dealkylation sites (tertiary alicyclic amines) is 1. The van der Waals surface area contributed by atoms with Gasteiger partial charge in [-0.15, -0.1) is 5.10 Å². The average Bonchev–Trinajstić information content (AvgIpc) is 3.33. The highest BCUT2D eigenvalue weighted by atomic mass is 32.2. The number of carbonyl (C=O) groups is 1. The summed E-state index contributed by atoms with van der Waals surface area (Å²) in [5.41, 5.74) is 1.52. The van der Waals surface area contributed by atoms with Gasteiger partial charge in [0, 0.05) is 54.4 Å². The van der Waals surface area contributed by atoms with E-state index in [0.717, 1.165) is 24.4 Å². The number of ether oxygens (including phenoxy) is 1. The molecule has 2 aliphatic heterocycles. The van der Waals surface area contributed by atoms with Crippen molar-refractivity contribution in [1.29, 1.82) is 0 Å². The first kappa shape index (κ1) is 21.8. The molecule has 0 aromatic carbocycles. The summed E-state index contributed by atoms with van der Waals surface area (Å²) in [7, 11) is 0. The predicted octanol–water partition coefficient (Wildman–Crippen LogP) is 2.60. The Bertz CT molecular complexity index is 1020. The molecule has 4 rings (SSSR count). The van der Waals surface area contributed by atoms with Crippen LogP contribution in [0.4, 0.5) is 0 Å². The second-order valence-corrected chi connectivity index (χ2v) is 10.4. The molecule has 1 saturated heterocycles. The van der Waals surface area contributed by atoms with Crippen molar-refractivity contribution < 1.29 is 9.53 Å². The van der Waals surface area contributed by atoms with Crippen molar-refractivity contribution in [3.05, 3.63) is 39.9 Å². The number of aromatic nitrogens is 4. The highest BCUT2D eigenvalue weighted by Crippen LogP contribution is 2.33. The third-order valence-corrected chi connectivity index (χ3v) is 6.84. The van der Waals surface area contributed by atoms with Gasteiger partial charge >= 0.3 is 0 Å². The molecule has 166 valence electrons. The van der Waals surface area contributed by atoms with Crippen molar-refractivity contribution in [2.24, 2.45) is 5.92 Å². The van der Waals surface area contributed by atoms with Gasteiger partial charge in [-0.1, -0.05) is 32.5 Å². The van der Waals surface area contributed by atoms with Crippen LogP contribution in [0, 0.1) is 12.8 Å². The molecule has 2 aromatic heterocycles. The zero-order chi connectivity index (χ0) is 22.2. The van der Waals surface area contributed by atoms with Crippen molar-refractivity contribution in [1.82, 2.24) is 24.6 Å². The van der Waals surface area contributed by atoms with E-state index in [1.54, 1.807) is 16.3 Å². The highest BCUT2D eigenvalue weighted by molar-refractivity contribution is 7.99. The fourth-order valence-electron chi connectivity index (χ4n) is 3.94. The number of carbonyl (C=O) groups excluding carboxylic acids is 1. The minimum atomic E-state index is -0.125. The lowest BCUT2D eigenvalue weighted by molar-refractivity contribution is -0.131. The van der Waals surface area contributed by atoms with E-state index in [1.807, 2.05) is 24.0 Å². The number of amides is 1. The van der Waals surface area contributed by atoms with Gasteiger partial charge in [0.15, 0.2) is 5.16 Å². The maximum atomic E-state index is 12.9. The van der Waals surface area contributed by atoms with Gasteiger partial charge < -0.3 is 9.64 Å². The minimum Gasteiger partial charge on any atom is -0.476 e. The molecule has 0 aliphatic carbocycles. The Hall–Kier alpha value is -2.42. The molecular formula is C22H29N5O3S. The number of nitrogens with zero attached hydrogens (tertiary/aromatic N) is 5. The third kappa shape index (κ3) is 4.92. The molecule has 1 fully saturated rings. The summed E-state index contributed by atoms with van der Waals surface area (Å²) in [6, 6.07) is 5.21. The van der Waals surface area contributed by atoms with Crippen LogP contribution in [0.25, 0.3) is 0 Å². The molecule has 2 aliphatic rings. The van der Waals surface area contributed by atoms with Gasteiger partial charge in [0.05, 0.1) is 18.3 Å². The third-order valence-electron chi connectivity index (χ3n) is 5.74. The first-order valence-electron chi connectivity index (χ1n) is 10.7. The molecule has 1 amide bonds. The number of fused-ring (bicyclic) bond motifs is 1. The smallest absolute Gasteiger partial charge is 0.254 e. The van der Waals surface area contributed by atoms with Gasteiger partial charge in [-0.05, 0) is 19.4 Å². The van der Waals surface area contributed by atoms with E-state index < -0.39 is 0 Å². The summed E-state index contributed by atoms with van der Waals surface area (Å²) >= 11 is 1.55. The maximum Gasteiger partial charge on any atom is 0.254 e. The normalized spacial score (nSPS) is 20.7. The standard InChI is InChI=1S/C22H29N5O3S/c1-14-9-20(29)27-16(13-31-21(27)23-14)10-19(28)26-8-7-15(11-26)12-30-18-6-5-17(24-25-18)22(2,3)4/h5-6,9,15-16H,7-8,10-13H2,1-4H3. The van der Waals surface area contributed by atoms with Gasteiger partial charge in [0.25, 0.3) is 5.56 Å². The molecule has 0 saturated carbocycles. The lowest BCUT2D eigenvalue weighted by Crippen LogP contribution is -2.33. The van der Waals surface area contributed by atoms with E-state index in [4.69, 9.17) is 4.74 Å². The monoisotopic (exact) mass is 443 g/mol. The molecule has 2 unspecified atom stereocenters. The number of hydrogen-bond donors (Lipinski definition) is 0. The zero-order valence-electron chi connectivity index (χ0n) is 18.5. The summed E-state index contributed by atoms with van der Waals surface area (Å²) in [5.74, 6) is 1.58. The molecule has 31 heavy (non-hydrogen) atoms. The number of aryl methyl sites for hydroxylation is 1. The predicted molar refractivity (Wildman–Crippen MR) is 119 cm³/mol. The van der Waals surface area contributed by atoms with Crippen LogP contribution in [-0.2, 0) is 10.2 Å². The SMILES string of the molecule is Cc1cc(=O)n2c(n1)SCC2CC(=O)N1CCC(COc2ccc(C(C)(C)C)nn2)C1. The second-order valence-electron chi connectivity index (χ2n) is 9.37. The van der Waals surface area contributed by atoms with E-state index in [9.17, 15) is 9.59 Å². The fourth-order valence-corrected chi connectivity index (χ4v) is 5.13. The summed E-state index contributed by atoms with van der Waals surface area (Å²) in [4.78, 5) is 31.5. The van der Waals surface area contributed by atoms with Gasteiger partial charge in [0.1, 0.15) is 0 Å². The minimum absolute atomic E-state index is 0.0454. The van der Waals surface area contributed by atoms with E-state index in [2.05, 4.69) is 36.0 Å². The number of thioether (sulfide) groups is 1. The molecule has 0 N–H and O–H groups in total. The fraction of sp³-hybridized carbons (Fsp3) is 0.591. The van der Waals surface area contributed by atoms with Crippen molar-refractivity contribution in [3.63, 3.8) is 0 Å². The van der Waals surface area contributed by atoms with E-state index in [1.165, 1.54) is 6.07 Å². The van der Waals surface area contributed by atoms with Crippen LogP contribution in [0.15, 0.2) is 28.2 Å². The zero-order valence-corrected chi connectivity index (χ0v) is 19.3. The Morgan fingerprint density at radius 1 is 1.29 bits per heavy atom. The molecule has 0 spiro atoms. The molecule has 2 atom stereocenters. The van der Waals surface area contributed by atoms with Crippen LogP contribution in [0.5, 0.6) is 5.88 Å². The number of hydrogen-bond acceptors (Lipinski definition) is 7. The maximum absolute atomic E-state index is 12.9. The molecule has 0 bridgehead atoms. The Morgan fingerprint density at radius 3 is 2.81 bits per heavy atom. The molecule has 9 heteroatoms. The molecular weight excluding hydrogens is 414 g/mol. The lowest BCUT2D eigenvalue weighted by Gasteiger charge is -2.20. The summed E-state index contributed by atoms with van der Waals surface area (Å²) in [6.07, 6.45) is 1.23. The van der Waals surface area contributed by atoms with E-state index in [0.29, 0.717) is 36.4 Å². The van der Waals surface area contributed by atoms with Crippen LogP contribution in [-0.4, -0.2) is 56.0 Å². The van der Waals surface area contributed by atoms with E-state index >= 15 is 0 Å². The van der Waals surface area contributed by atoms with Crippen molar-refractivity contribution in [2.75, 3.05) is 25.4 Å². The van der Waals surface area contributed by atoms with Gasteiger partial charge in [0.2, 0.25) is 11.8 Å². The van der Waals surface area contributed by atoms with Crippen LogP contribution in [0.2, 0.25) is 0 Å². The van der Waals surface area contributed by atoms with Gasteiger partial charge in [-0.3, -0.25) is 14.2 Å². The topological polar surface area (TPSA) is 90.2 Å². The Labute approximate surface area is 186 Å². The van der Waals surface area contributed by atoms with Gasteiger partial charge in [-0.2, -0.15) is 5.10 Å². The Kier molecular flexibility index (Phi) is 6.05. The van der Waals surface area contributed by atoms with Crippen LogP contribution < -0.4 is 10.3 Å². The molecule has 8 nitrogen and oxygen atoms in total. The van der Waals surface area contributed by atoms with Gasteiger partial charge in [-0.25, -0.2) is 4.98 Å². The Balaban J connectivity index is 1.29. The summed E-state index contributed by atoms with van der Waals surface area (Å²) in [5, 5.41) is 9.14.